The Kier molecular flexibility index (Phi) is 12.3. The van der Waals surface area contributed by atoms with Gasteiger partial charge in [-0.1, -0.05) is 45.4 Å². The Hall–Kier alpha value is -0.970. The molecular weight excluding hydrogens is 212 g/mol. The fraction of sp³-hybridized carbons (Fsp3) is 0.800. The number of ether oxygens (including phenoxy) is 1. The van der Waals surface area contributed by atoms with Crippen molar-refractivity contribution in [3.8, 4) is 12.3 Å². The summed E-state index contributed by atoms with van der Waals surface area (Å²) in [6.07, 6.45) is 15.7. The second-order valence-corrected chi connectivity index (χ2v) is 4.40. The summed E-state index contributed by atoms with van der Waals surface area (Å²) in [5.41, 5.74) is 0. The lowest BCUT2D eigenvalue weighted by Crippen LogP contribution is -2.05. The summed E-state index contributed by atoms with van der Waals surface area (Å²) >= 11 is 0. The average molecular weight is 238 g/mol. The number of hydrogen-bond donors (Lipinski definition) is 0. The number of esters is 1. The van der Waals surface area contributed by atoms with Gasteiger partial charge in [-0.3, -0.25) is 4.79 Å². The molecule has 0 radical (unpaired) electrons. The first kappa shape index (κ1) is 16.0. The normalized spacial score (nSPS) is 9.88. The molecule has 0 bridgehead atoms. The lowest BCUT2D eigenvalue weighted by molar-refractivity contribution is -0.143. The van der Waals surface area contributed by atoms with Crippen LogP contribution in [0.5, 0.6) is 0 Å². The maximum atomic E-state index is 11.3. The Bertz CT molecular complexity index is 215. The van der Waals surface area contributed by atoms with Gasteiger partial charge in [0.1, 0.15) is 0 Å². The van der Waals surface area contributed by atoms with Crippen LogP contribution < -0.4 is 0 Å². The maximum Gasteiger partial charge on any atom is 0.305 e. The van der Waals surface area contributed by atoms with Gasteiger partial charge in [-0.15, -0.1) is 12.3 Å². The third-order valence-corrected chi connectivity index (χ3v) is 2.71. The molecule has 17 heavy (non-hydrogen) atoms. The maximum absolute atomic E-state index is 11.3. The zero-order valence-electron chi connectivity index (χ0n) is 11.2. The number of carbonyl (C=O) groups excluding carboxylic acids is 1. The predicted molar refractivity (Wildman–Crippen MR) is 71.6 cm³/mol. The third kappa shape index (κ3) is 13.0. The first-order chi connectivity index (χ1) is 8.31. The van der Waals surface area contributed by atoms with Crippen LogP contribution in [0, 0.1) is 12.3 Å². The third-order valence-electron chi connectivity index (χ3n) is 2.71. The summed E-state index contributed by atoms with van der Waals surface area (Å²) in [4.78, 5) is 11.3. The molecule has 0 aliphatic heterocycles. The summed E-state index contributed by atoms with van der Waals surface area (Å²) in [6, 6.07) is 0. The Morgan fingerprint density at radius 1 is 1.06 bits per heavy atom. The second-order valence-electron chi connectivity index (χ2n) is 4.40. The van der Waals surface area contributed by atoms with E-state index in [1.54, 1.807) is 0 Å². The van der Waals surface area contributed by atoms with Gasteiger partial charge in [-0.2, -0.15) is 0 Å². The first-order valence-electron chi connectivity index (χ1n) is 6.90. The molecule has 0 saturated carbocycles. The van der Waals surface area contributed by atoms with Gasteiger partial charge in [0.2, 0.25) is 0 Å². The van der Waals surface area contributed by atoms with Crippen molar-refractivity contribution in [1.82, 2.24) is 0 Å². The molecule has 0 atom stereocenters. The van der Waals surface area contributed by atoms with Crippen LogP contribution in [0.2, 0.25) is 0 Å². The van der Waals surface area contributed by atoms with Gasteiger partial charge in [0.15, 0.2) is 0 Å². The highest BCUT2D eigenvalue weighted by Crippen LogP contribution is 2.08. The standard InChI is InChI=1S/C15H26O2/c1-3-5-7-8-9-10-11-13-15(16)17-14-12-6-4-2/h2H,3,5-14H2,1H3. The topological polar surface area (TPSA) is 26.3 Å². The van der Waals surface area contributed by atoms with E-state index < -0.39 is 0 Å². The van der Waals surface area contributed by atoms with E-state index in [1.165, 1.54) is 32.1 Å². The monoisotopic (exact) mass is 238 g/mol. The summed E-state index contributed by atoms with van der Waals surface area (Å²) < 4.78 is 5.05. The molecule has 0 aliphatic carbocycles. The molecule has 0 amide bonds. The summed E-state index contributed by atoms with van der Waals surface area (Å²) in [6.45, 7) is 2.69. The number of hydrogen-bond acceptors (Lipinski definition) is 2. The summed E-state index contributed by atoms with van der Waals surface area (Å²) in [7, 11) is 0. The fourth-order valence-electron chi connectivity index (χ4n) is 1.66. The molecule has 0 fully saturated rings. The van der Waals surface area contributed by atoms with Gasteiger partial charge in [0, 0.05) is 12.8 Å². The minimum Gasteiger partial charge on any atom is -0.466 e. The second kappa shape index (κ2) is 13.1. The molecule has 0 N–H and O–H groups in total. The van der Waals surface area contributed by atoms with Crippen LogP contribution >= 0.6 is 0 Å². The molecule has 2 nitrogen and oxygen atoms in total. The minimum absolute atomic E-state index is 0.0735. The zero-order chi connectivity index (χ0) is 12.8. The molecule has 0 heterocycles. The van der Waals surface area contributed by atoms with E-state index in [-0.39, 0.29) is 5.97 Å². The zero-order valence-corrected chi connectivity index (χ0v) is 11.2. The van der Waals surface area contributed by atoms with Crippen molar-refractivity contribution >= 4 is 5.97 Å². The van der Waals surface area contributed by atoms with Crippen molar-refractivity contribution in [1.29, 1.82) is 0 Å². The molecule has 0 rings (SSSR count). The smallest absolute Gasteiger partial charge is 0.305 e. The molecule has 2 heteroatoms. The van der Waals surface area contributed by atoms with Gasteiger partial charge in [0.25, 0.3) is 0 Å². The molecular formula is C15H26O2. The van der Waals surface area contributed by atoms with Crippen LogP contribution in [0.4, 0.5) is 0 Å². The Morgan fingerprint density at radius 3 is 2.35 bits per heavy atom. The highest BCUT2D eigenvalue weighted by atomic mass is 16.5. The van der Waals surface area contributed by atoms with Crippen LogP contribution in [-0.4, -0.2) is 12.6 Å². The van der Waals surface area contributed by atoms with Gasteiger partial charge in [-0.25, -0.2) is 0 Å². The summed E-state index contributed by atoms with van der Waals surface area (Å²) in [5.74, 6) is 2.45. The molecule has 0 aromatic rings. The van der Waals surface area contributed by atoms with Crippen LogP contribution in [0.3, 0.4) is 0 Å². The Labute approximate surface area is 106 Å². The number of terminal acetylenes is 1. The average Bonchev–Trinajstić information content (AvgIpc) is 2.33. The van der Waals surface area contributed by atoms with Crippen LogP contribution in [0.15, 0.2) is 0 Å². The van der Waals surface area contributed by atoms with E-state index in [9.17, 15) is 4.79 Å². The highest BCUT2D eigenvalue weighted by molar-refractivity contribution is 5.69. The van der Waals surface area contributed by atoms with E-state index in [4.69, 9.17) is 11.2 Å². The highest BCUT2D eigenvalue weighted by Gasteiger charge is 2.01. The van der Waals surface area contributed by atoms with E-state index in [0.29, 0.717) is 19.4 Å². The summed E-state index contributed by atoms with van der Waals surface area (Å²) in [5, 5.41) is 0. The molecule has 0 aromatic carbocycles. The lowest BCUT2D eigenvalue weighted by Gasteiger charge is -2.03. The quantitative estimate of drug-likeness (QED) is 0.308. The molecule has 0 aliphatic rings. The fourth-order valence-corrected chi connectivity index (χ4v) is 1.66. The van der Waals surface area contributed by atoms with Crippen molar-refractivity contribution in [2.45, 2.75) is 71.1 Å². The Morgan fingerprint density at radius 2 is 1.71 bits per heavy atom. The molecule has 0 spiro atoms. The van der Waals surface area contributed by atoms with Crippen molar-refractivity contribution in [2.24, 2.45) is 0 Å². The molecule has 98 valence electrons. The van der Waals surface area contributed by atoms with Crippen molar-refractivity contribution in [2.75, 3.05) is 6.61 Å². The predicted octanol–water partition coefficient (Wildman–Crippen LogP) is 4.08. The van der Waals surface area contributed by atoms with Gasteiger partial charge >= 0.3 is 5.97 Å². The molecule has 0 unspecified atom stereocenters. The van der Waals surface area contributed by atoms with E-state index >= 15 is 0 Å². The van der Waals surface area contributed by atoms with Gasteiger partial charge in [-0.05, 0) is 12.8 Å². The van der Waals surface area contributed by atoms with Crippen molar-refractivity contribution in [3.05, 3.63) is 0 Å². The number of carbonyl (C=O) groups is 1. The molecule has 0 aromatic heterocycles. The van der Waals surface area contributed by atoms with Crippen molar-refractivity contribution < 1.29 is 9.53 Å². The van der Waals surface area contributed by atoms with Crippen LogP contribution in [0.1, 0.15) is 71.1 Å². The number of unbranched alkanes of at least 4 members (excludes halogenated alkanes) is 7. The van der Waals surface area contributed by atoms with Gasteiger partial charge in [0.05, 0.1) is 6.61 Å². The molecule has 0 saturated heterocycles. The van der Waals surface area contributed by atoms with Crippen LogP contribution in [0.25, 0.3) is 0 Å². The van der Waals surface area contributed by atoms with E-state index in [0.717, 1.165) is 19.3 Å². The Balaban J connectivity index is 3.14. The van der Waals surface area contributed by atoms with Crippen molar-refractivity contribution in [3.63, 3.8) is 0 Å². The lowest BCUT2D eigenvalue weighted by atomic mass is 10.1. The minimum atomic E-state index is -0.0735. The number of rotatable bonds is 11. The largest absolute Gasteiger partial charge is 0.466 e. The van der Waals surface area contributed by atoms with Crippen LogP contribution in [-0.2, 0) is 9.53 Å². The van der Waals surface area contributed by atoms with Gasteiger partial charge < -0.3 is 4.74 Å². The first-order valence-corrected chi connectivity index (χ1v) is 6.90. The van der Waals surface area contributed by atoms with E-state index in [2.05, 4.69) is 12.8 Å². The van der Waals surface area contributed by atoms with E-state index in [1.807, 2.05) is 0 Å². The SMILES string of the molecule is C#CCCCOC(=O)CCCCCCCCC.